The smallest absolute Gasteiger partial charge is 0.108 e. The molecule has 0 aliphatic heterocycles. The molecular formula is C12H23N3. The lowest BCUT2D eigenvalue weighted by molar-refractivity contribution is 0.526. The van der Waals surface area contributed by atoms with Gasteiger partial charge in [-0.1, -0.05) is 20.8 Å². The van der Waals surface area contributed by atoms with Crippen LogP contribution < -0.4 is 5.32 Å². The van der Waals surface area contributed by atoms with Gasteiger partial charge in [0.1, 0.15) is 5.82 Å². The molecule has 0 unspecified atom stereocenters. The van der Waals surface area contributed by atoms with Gasteiger partial charge in [-0.05, 0) is 19.4 Å². The molecule has 0 saturated heterocycles. The van der Waals surface area contributed by atoms with E-state index in [4.69, 9.17) is 0 Å². The van der Waals surface area contributed by atoms with Crippen molar-refractivity contribution in [3.63, 3.8) is 0 Å². The Morgan fingerprint density at radius 3 is 2.93 bits per heavy atom. The lowest BCUT2D eigenvalue weighted by Gasteiger charge is -2.09. The zero-order chi connectivity index (χ0) is 11.1. The van der Waals surface area contributed by atoms with Crippen molar-refractivity contribution in [1.82, 2.24) is 14.9 Å². The molecule has 1 N–H and O–H groups in total. The first-order valence-electron chi connectivity index (χ1n) is 5.97. The zero-order valence-corrected chi connectivity index (χ0v) is 10.2. The summed E-state index contributed by atoms with van der Waals surface area (Å²) in [6, 6.07) is 0.586. The Morgan fingerprint density at radius 2 is 2.27 bits per heavy atom. The minimum atomic E-state index is 0.586. The van der Waals surface area contributed by atoms with Gasteiger partial charge < -0.3 is 9.88 Å². The molecule has 0 spiro atoms. The maximum Gasteiger partial charge on any atom is 0.108 e. The van der Waals surface area contributed by atoms with Crippen molar-refractivity contribution in [3.8, 4) is 0 Å². The Labute approximate surface area is 92.9 Å². The minimum absolute atomic E-state index is 0.586. The molecule has 0 atom stereocenters. The van der Waals surface area contributed by atoms with Gasteiger partial charge in [0, 0.05) is 31.4 Å². The van der Waals surface area contributed by atoms with E-state index in [9.17, 15) is 0 Å². The molecule has 15 heavy (non-hydrogen) atoms. The molecule has 0 fully saturated rings. The number of aromatic nitrogens is 2. The topological polar surface area (TPSA) is 29.9 Å². The first-order chi connectivity index (χ1) is 7.24. The molecule has 0 aromatic carbocycles. The number of hydrogen-bond donors (Lipinski definition) is 1. The Hall–Kier alpha value is -0.830. The third kappa shape index (κ3) is 4.47. The van der Waals surface area contributed by atoms with E-state index in [0.717, 1.165) is 19.5 Å². The van der Waals surface area contributed by atoms with Crippen LogP contribution in [0.3, 0.4) is 0 Å². The molecule has 1 rings (SSSR count). The van der Waals surface area contributed by atoms with Gasteiger partial charge >= 0.3 is 0 Å². The maximum absolute atomic E-state index is 4.36. The van der Waals surface area contributed by atoms with Crippen LogP contribution in [0.25, 0.3) is 0 Å². The highest BCUT2D eigenvalue weighted by molar-refractivity contribution is 4.92. The molecule has 0 amide bonds. The predicted octanol–water partition coefficient (Wildman–Crippen LogP) is 2.22. The molecule has 1 aromatic heterocycles. The van der Waals surface area contributed by atoms with Gasteiger partial charge in [0.2, 0.25) is 0 Å². The summed E-state index contributed by atoms with van der Waals surface area (Å²) in [5.74, 6) is 1.22. The van der Waals surface area contributed by atoms with E-state index in [-0.39, 0.29) is 0 Å². The van der Waals surface area contributed by atoms with Crippen molar-refractivity contribution in [2.45, 2.75) is 52.6 Å². The summed E-state index contributed by atoms with van der Waals surface area (Å²) >= 11 is 0. The first-order valence-corrected chi connectivity index (χ1v) is 5.97. The molecule has 1 aromatic rings. The van der Waals surface area contributed by atoms with Crippen LogP contribution in [0, 0.1) is 0 Å². The molecule has 86 valence electrons. The van der Waals surface area contributed by atoms with Gasteiger partial charge in [0.05, 0.1) is 0 Å². The SMILES string of the molecule is CCCc1nccn1CCCNC(C)C. The van der Waals surface area contributed by atoms with Crippen molar-refractivity contribution in [1.29, 1.82) is 0 Å². The fraction of sp³-hybridized carbons (Fsp3) is 0.750. The van der Waals surface area contributed by atoms with Crippen LogP contribution in [-0.4, -0.2) is 22.1 Å². The minimum Gasteiger partial charge on any atom is -0.335 e. The van der Waals surface area contributed by atoms with Gasteiger partial charge in [0.25, 0.3) is 0 Å². The lowest BCUT2D eigenvalue weighted by atomic mass is 10.3. The van der Waals surface area contributed by atoms with Crippen molar-refractivity contribution >= 4 is 0 Å². The molecular weight excluding hydrogens is 186 g/mol. The average Bonchev–Trinajstić information content (AvgIpc) is 2.61. The maximum atomic E-state index is 4.36. The fourth-order valence-corrected chi connectivity index (χ4v) is 1.64. The predicted molar refractivity (Wildman–Crippen MR) is 64.0 cm³/mol. The summed E-state index contributed by atoms with van der Waals surface area (Å²) in [6.07, 6.45) is 7.42. The Balaban J connectivity index is 2.27. The molecule has 0 aliphatic rings. The molecule has 3 heteroatoms. The van der Waals surface area contributed by atoms with E-state index in [1.54, 1.807) is 0 Å². The van der Waals surface area contributed by atoms with E-state index in [1.807, 2.05) is 6.20 Å². The summed E-state index contributed by atoms with van der Waals surface area (Å²) in [5, 5.41) is 3.43. The molecule has 0 bridgehead atoms. The normalized spacial score (nSPS) is 11.2. The second-order valence-corrected chi connectivity index (χ2v) is 4.25. The second kappa shape index (κ2) is 6.62. The molecule has 1 heterocycles. The van der Waals surface area contributed by atoms with Crippen molar-refractivity contribution in [3.05, 3.63) is 18.2 Å². The van der Waals surface area contributed by atoms with E-state index >= 15 is 0 Å². The Morgan fingerprint density at radius 1 is 1.47 bits per heavy atom. The van der Waals surface area contributed by atoms with Crippen LogP contribution in [0.1, 0.15) is 39.4 Å². The van der Waals surface area contributed by atoms with E-state index in [1.165, 1.54) is 18.7 Å². The summed E-state index contributed by atoms with van der Waals surface area (Å²) < 4.78 is 2.27. The third-order valence-electron chi connectivity index (χ3n) is 2.40. The highest BCUT2D eigenvalue weighted by Gasteiger charge is 2.00. The van der Waals surface area contributed by atoms with Crippen molar-refractivity contribution < 1.29 is 0 Å². The number of nitrogens with zero attached hydrogens (tertiary/aromatic N) is 2. The van der Waals surface area contributed by atoms with Crippen LogP contribution in [0.5, 0.6) is 0 Å². The number of nitrogens with one attached hydrogen (secondary N) is 1. The number of imidazole rings is 1. The zero-order valence-electron chi connectivity index (χ0n) is 10.2. The van der Waals surface area contributed by atoms with Gasteiger partial charge in [-0.2, -0.15) is 0 Å². The van der Waals surface area contributed by atoms with Crippen molar-refractivity contribution in [2.75, 3.05) is 6.54 Å². The largest absolute Gasteiger partial charge is 0.335 e. The monoisotopic (exact) mass is 209 g/mol. The van der Waals surface area contributed by atoms with Crippen LogP contribution in [0.15, 0.2) is 12.4 Å². The van der Waals surface area contributed by atoms with E-state index in [2.05, 4.69) is 41.8 Å². The van der Waals surface area contributed by atoms with E-state index in [0.29, 0.717) is 6.04 Å². The summed E-state index contributed by atoms with van der Waals surface area (Å²) in [4.78, 5) is 4.36. The number of aryl methyl sites for hydroxylation is 2. The van der Waals surface area contributed by atoms with Gasteiger partial charge in [-0.3, -0.25) is 0 Å². The van der Waals surface area contributed by atoms with Gasteiger partial charge in [0.15, 0.2) is 0 Å². The highest BCUT2D eigenvalue weighted by Crippen LogP contribution is 2.02. The third-order valence-corrected chi connectivity index (χ3v) is 2.40. The molecule has 0 saturated carbocycles. The quantitative estimate of drug-likeness (QED) is 0.698. The molecule has 3 nitrogen and oxygen atoms in total. The Kier molecular flexibility index (Phi) is 5.40. The van der Waals surface area contributed by atoms with E-state index < -0.39 is 0 Å². The van der Waals surface area contributed by atoms with Gasteiger partial charge in [-0.15, -0.1) is 0 Å². The summed E-state index contributed by atoms with van der Waals surface area (Å²) in [6.45, 7) is 8.72. The number of rotatable bonds is 7. The summed E-state index contributed by atoms with van der Waals surface area (Å²) in [7, 11) is 0. The Bertz CT molecular complexity index is 266. The van der Waals surface area contributed by atoms with Crippen molar-refractivity contribution in [2.24, 2.45) is 0 Å². The highest BCUT2D eigenvalue weighted by atomic mass is 15.1. The van der Waals surface area contributed by atoms with Crippen LogP contribution in [0.2, 0.25) is 0 Å². The van der Waals surface area contributed by atoms with Crippen LogP contribution >= 0.6 is 0 Å². The van der Waals surface area contributed by atoms with Crippen LogP contribution in [0.4, 0.5) is 0 Å². The average molecular weight is 209 g/mol. The summed E-state index contributed by atoms with van der Waals surface area (Å²) in [5.41, 5.74) is 0. The van der Waals surface area contributed by atoms with Crippen LogP contribution in [-0.2, 0) is 13.0 Å². The number of hydrogen-bond acceptors (Lipinski definition) is 2. The fourth-order valence-electron chi connectivity index (χ4n) is 1.64. The lowest BCUT2D eigenvalue weighted by Crippen LogP contribution is -2.24. The standard InChI is InChI=1S/C12H23N3/c1-4-6-12-14-8-10-15(12)9-5-7-13-11(2)3/h8,10-11,13H,4-7,9H2,1-3H3. The molecule has 0 radical (unpaired) electrons. The molecule has 0 aliphatic carbocycles. The second-order valence-electron chi connectivity index (χ2n) is 4.25. The van der Waals surface area contributed by atoms with Gasteiger partial charge in [-0.25, -0.2) is 4.98 Å². The first kappa shape index (κ1) is 12.2.